The van der Waals surface area contributed by atoms with Gasteiger partial charge in [0.2, 0.25) is 5.91 Å². The third-order valence-electron chi connectivity index (χ3n) is 5.71. The van der Waals surface area contributed by atoms with Gasteiger partial charge in [-0.05, 0) is 55.3 Å². The van der Waals surface area contributed by atoms with Crippen LogP contribution in [0.1, 0.15) is 30.4 Å². The molecule has 5 rings (SSSR count). The molecule has 0 saturated carbocycles. The topological polar surface area (TPSA) is 23.6 Å². The standard InChI is InChI=1S/C18H24N2O/c21-18(11-17-12-19-8-5-15(17)6-9-19)20-10-7-14-3-1-2-4-16(14)13-20/h1-4,15,17H,5-13H2/t17-/m0/s1. The van der Waals surface area contributed by atoms with Gasteiger partial charge in [0.1, 0.15) is 0 Å². The Morgan fingerprint density at radius 2 is 1.86 bits per heavy atom. The summed E-state index contributed by atoms with van der Waals surface area (Å²) in [6.07, 6.45) is 4.40. The molecule has 3 heteroatoms. The van der Waals surface area contributed by atoms with Crippen molar-refractivity contribution in [3.63, 3.8) is 0 Å². The summed E-state index contributed by atoms with van der Waals surface area (Å²) in [5.74, 6) is 1.79. The summed E-state index contributed by atoms with van der Waals surface area (Å²) in [4.78, 5) is 17.3. The van der Waals surface area contributed by atoms with Crippen LogP contribution in [-0.4, -0.2) is 41.9 Å². The number of carbonyl (C=O) groups is 1. The molecule has 1 atom stereocenters. The molecule has 0 aliphatic carbocycles. The average Bonchev–Trinajstić information content (AvgIpc) is 2.55. The molecule has 4 heterocycles. The van der Waals surface area contributed by atoms with Crippen molar-refractivity contribution in [3.8, 4) is 0 Å². The summed E-state index contributed by atoms with van der Waals surface area (Å²) < 4.78 is 0. The summed E-state index contributed by atoms with van der Waals surface area (Å²) in [6.45, 7) is 5.38. The average molecular weight is 284 g/mol. The van der Waals surface area contributed by atoms with Crippen LogP contribution in [0.3, 0.4) is 0 Å². The first-order valence-electron chi connectivity index (χ1n) is 8.36. The second kappa shape index (κ2) is 5.45. The van der Waals surface area contributed by atoms with E-state index in [0.29, 0.717) is 11.8 Å². The number of carbonyl (C=O) groups excluding carboxylic acids is 1. The van der Waals surface area contributed by atoms with Gasteiger partial charge >= 0.3 is 0 Å². The normalized spacial score (nSPS) is 31.0. The smallest absolute Gasteiger partial charge is 0.223 e. The summed E-state index contributed by atoms with van der Waals surface area (Å²) in [5.41, 5.74) is 2.76. The first-order chi connectivity index (χ1) is 10.3. The highest BCUT2D eigenvalue weighted by Crippen LogP contribution is 2.34. The molecule has 21 heavy (non-hydrogen) atoms. The minimum atomic E-state index is 0.378. The number of rotatable bonds is 2. The molecule has 0 radical (unpaired) electrons. The van der Waals surface area contributed by atoms with Gasteiger partial charge in [-0.2, -0.15) is 0 Å². The van der Waals surface area contributed by atoms with Crippen molar-refractivity contribution < 1.29 is 4.79 Å². The molecule has 4 aliphatic rings. The van der Waals surface area contributed by atoms with Crippen molar-refractivity contribution in [2.45, 2.75) is 32.2 Å². The maximum atomic E-state index is 12.7. The van der Waals surface area contributed by atoms with Crippen molar-refractivity contribution in [1.82, 2.24) is 9.80 Å². The fraction of sp³-hybridized carbons (Fsp3) is 0.611. The van der Waals surface area contributed by atoms with E-state index in [2.05, 4.69) is 34.1 Å². The molecule has 0 unspecified atom stereocenters. The minimum absolute atomic E-state index is 0.378. The van der Waals surface area contributed by atoms with Crippen LogP contribution in [0, 0.1) is 11.8 Å². The Morgan fingerprint density at radius 1 is 1.10 bits per heavy atom. The van der Waals surface area contributed by atoms with Gasteiger partial charge in [0.05, 0.1) is 0 Å². The van der Waals surface area contributed by atoms with Gasteiger partial charge < -0.3 is 9.80 Å². The van der Waals surface area contributed by atoms with Crippen LogP contribution in [0.15, 0.2) is 24.3 Å². The minimum Gasteiger partial charge on any atom is -0.338 e. The van der Waals surface area contributed by atoms with Crippen LogP contribution in [0.25, 0.3) is 0 Å². The Kier molecular flexibility index (Phi) is 3.46. The second-order valence-corrected chi connectivity index (χ2v) is 6.94. The largest absolute Gasteiger partial charge is 0.338 e. The lowest BCUT2D eigenvalue weighted by Gasteiger charge is -2.45. The van der Waals surface area contributed by atoms with Crippen LogP contribution < -0.4 is 0 Å². The van der Waals surface area contributed by atoms with Crippen LogP contribution in [0.2, 0.25) is 0 Å². The zero-order chi connectivity index (χ0) is 14.2. The van der Waals surface area contributed by atoms with Gasteiger partial charge in [0, 0.05) is 26.1 Å². The van der Waals surface area contributed by atoms with Gasteiger partial charge in [0.15, 0.2) is 0 Å². The fourth-order valence-electron chi connectivity index (χ4n) is 4.38. The first-order valence-corrected chi connectivity index (χ1v) is 8.36. The molecular weight excluding hydrogens is 260 g/mol. The molecular formula is C18H24N2O. The van der Waals surface area contributed by atoms with Crippen molar-refractivity contribution in [2.24, 2.45) is 11.8 Å². The number of hydrogen-bond donors (Lipinski definition) is 0. The molecule has 2 bridgehead atoms. The number of piperidine rings is 3. The van der Waals surface area contributed by atoms with Crippen molar-refractivity contribution in [2.75, 3.05) is 26.2 Å². The van der Waals surface area contributed by atoms with Crippen molar-refractivity contribution >= 4 is 5.91 Å². The lowest BCUT2D eigenvalue weighted by molar-refractivity contribution is -0.134. The molecule has 3 fully saturated rings. The fourth-order valence-corrected chi connectivity index (χ4v) is 4.38. The van der Waals surface area contributed by atoms with Gasteiger partial charge in [-0.25, -0.2) is 0 Å². The van der Waals surface area contributed by atoms with E-state index in [-0.39, 0.29) is 0 Å². The van der Waals surface area contributed by atoms with Gasteiger partial charge in [-0.3, -0.25) is 4.79 Å². The number of amides is 1. The highest BCUT2D eigenvalue weighted by atomic mass is 16.2. The summed E-state index contributed by atoms with van der Waals surface area (Å²) in [5, 5.41) is 0. The summed E-state index contributed by atoms with van der Waals surface area (Å²) in [7, 11) is 0. The van der Waals surface area contributed by atoms with E-state index >= 15 is 0 Å². The Balaban J connectivity index is 1.40. The molecule has 1 amide bonds. The van der Waals surface area contributed by atoms with E-state index in [1.807, 2.05) is 0 Å². The third-order valence-corrected chi connectivity index (χ3v) is 5.71. The van der Waals surface area contributed by atoms with E-state index in [1.165, 1.54) is 37.1 Å². The summed E-state index contributed by atoms with van der Waals surface area (Å²) in [6, 6.07) is 8.55. The van der Waals surface area contributed by atoms with Gasteiger partial charge in [-0.15, -0.1) is 0 Å². The number of nitrogens with zero attached hydrogens (tertiary/aromatic N) is 2. The molecule has 3 nitrogen and oxygen atoms in total. The molecule has 112 valence electrons. The quantitative estimate of drug-likeness (QED) is 0.832. The predicted molar refractivity (Wildman–Crippen MR) is 82.8 cm³/mol. The zero-order valence-corrected chi connectivity index (χ0v) is 12.6. The van der Waals surface area contributed by atoms with E-state index < -0.39 is 0 Å². The van der Waals surface area contributed by atoms with Gasteiger partial charge in [0.25, 0.3) is 0 Å². The SMILES string of the molecule is O=C(C[C@H]1CN2CCC1CC2)N1CCc2ccccc2C1. The van der Waals surface area contributed by atoms with Crippen LogP contribution in [0.4, 0.5) is 0 Å². The Bertz CT molecular complexity index is 534. The number of benzene rings is 1. The number of fused-ring (bicyclic) bond motifs is 4. The highest BCUT2D eigenvalue weighted by molar-refractivity contribution is 5.77. The van der Waals surface area contributed by atoms with Crippen LogP contribution in [0.5, 0.6) is 0 Å². The maximum absolute atomic E-state index is 12.7. The zero-order valence-electron chi connectivity index (χ0n) is 12.6. The highest BCUT2D eigenvalue weighted by Gasteiger charge is 2.36. The van der Waals surface area contributed by atoms with E-state index in [9.17, 15) is 4.79 Å². The molecule has 0 spiro atoms. The van der Waals surface area contributed by atoms with Crippen molar-refractivity contribution in [3.05, 3.63) is 35.4 Å². The predicted octanol–water partition coefficient (Wildman–Crippen LogP) is 2.30. The van der Waals surface area contributed by atoms with E-state index in [4.69, 9.17) is 0 Å². The van der Waals surface area contributed by atoms with E-state index in [1.54, 1.807) is 0 Å². The van der Waals surface area contributed by atoms with E-state index in [0.717, 1.165) is 38.4 Å². The second-order valence-electron chi connectivity index (χ2n) is 6.94. The van der Waals surface area contributed by atoms with Crippen LogP contribution in [-0.2, 0) is 17.8 Å². The number of hydrogen-bond acceptors (Lipinski definition) is 2. The Hall–Kier alpha value is -1.35. The molecule has 1 aromatic carbocycles. The lowest BCUT2D eigenvalue weighted by atomic mass is 9.77. The van der Waals surface area contributed by atoms with Crippen molar-refractivity contribution in [1.29, 1.82) is 0 Å². The summed E-state index contributed by atoms with van der Waals surface area (Å²) >= 11 is 0. The Morgan fingerprint density at radius 3 is 2.57 bits per heavy atom. The maximum Gasteiger partial charge on any atom is 0.223 e. The third kappa shape index (κ3) is 2.59. The van der Waals surface area contributed by atoms with Gasteiger partial charge in [-0.1, -0.05) is 24.3 Å². The van der Waals surface area contributed by atoms with Crippen LogP contribution >= 0.6 is 0 Å². The monoisotopic (exact) mass is 284 g/mol. The first kappa shape index (κ1) is 13.3. The molecule has 4 aliphatic heterocycles. The Labute approximate surface area is 126 Å². The molecule has 0 aromatic heterocycles. The lowest BCUT2D eigenvalue weighted by Crippen LogP contribution is -2.49. The molecule has 1 aromatic rings. The molecule has 3 saturated heterocycles. The molecule has 0 N–H and O–H groups in total.